The molecule has 1 aliphatic rings. The van der Waals surface area contributed by atoms with Crippen LogP contribution in [0.25, 0.3) is 16.6 Å². The Morgan fingerprint density at radius 1 is 1.00 bits per heavy atom. The lowest BCUT2D eigenvalue weighted by atomic mass is 10.2. The first-order chi connectivity index (χ1) is 15.4. The number of anilines is 1. The second kappa shape index (κ2) is 7.53. The number of aromatic nitrogens is 3. The molecule has 0 N–H and O–H groups in total. The van der Waals surface area contributed by atoms with Crippen LogP contribution >= 0.6 is 0 Å². The maximum absolute atomic E-state index is 13.1. The summed E-state index contributed by atoms with van der Waals surface area (Å²) < 4.78 is 29.4. The van der Waals surface area contributed by atoms with Crippen LogP contribution < -0.4 is 4.90 Å². The van der Waals surface area contributed by atoms with Crippen LogP contribution in [0.2, 0.25) is 0 Å². The Bertz CT molecular complexity index is 1460. The normalized spacial score (nSPS) is 15.5. The van der Waals surface area contributed by atoms with Crippen molar-refractivity contribution >= 4 is 38.1 Å². The number of piperazine rings is 1. The Balaban J connectivity index is 1.46. The molecule has 4 aromatic rings. The number of sulfonamides is 1. The summed E-state index contributed by atoms with van der Waals surface area (Å²) in [6, 6.07) is 15.2. The number of para-hydroxylation sites is 2. The van der Waals surface area contributed by atoms with E-state index in [1.807, 2.05) is 41.8 Å². The van der Waals surface area contributed by atoms with Crippen molar-refractivity contribution in [1.82, 2.24) is 18.9 Å². The number of hydrogen-bond donors (Lipinski definition) is 0. The number of fused-ring (bicyclic) bond motifs is 3. The van der Waals surface area contributed by atoms with Gasteiger partial charge in [0, 0.05) is 43.7 Å². The van der Waals surface area contributed by atoms with Crippen molar-refractivity contribution in [1.29, 1.82) is 0 Å². The van der Waals surface area contributed by atoms with Crippen molar-refractivity contribution in [3.63, 3.8) is 0 Å². The number of nitrogens with zero attached hydrogens (tertiary/aromatic N) is 6. The van der Waals surface area contributed by atoms with Crippen LogP contribution in [-0.4, -0.2) is 58.4 Å². The van der Waals surface area contributed by atoms with Crippen LogP contribution in [0.15, 0.2) is 59.5 Å². The van der Waals surface area contributed by atoms with Gasteiger partial charge in [0.2, 0.25) is 10.0 Å². The van der Waals surface area contributed by atoms with Gasteiger partial charge in [-0.2, -0.15) is 9.40 Å². The first-order valence-corrected chi connectivity index (χ1v) is 11.5. The highest BCUT2D eigenvalue weighted by Crippen LogP contribution is 2.30. The maximum atomic E-state index is 13.1. The summed E-state index contributed by atoms with van der Waals surface area (Å²) in [6.07, 6.45) is 0. The molecule has 0 bridgehead atoms. The van der Waals surface area contributed by atoms with Crippen molar-refractivity contribution in [3.05, 3.63) is 70.4 Å². The first kappa shape index (κ1) is 20.3. The smallest absolute Gasteiger partial charge is 0.289 e. The number of rotatable bonds is 4. The number of nitro benzene ring substituents is 1. The molecule has 5 rings (SSSR count). The highest BCUT2D eigenvalue weighted by atomic mass is 32.2. The van der Waals surface area contributed by atoms with E-state index < -0.39 is 20.6 Å². The first-order valence-electron chi connectivity index (χ1n) is 10.1. The van der Waals surface area contributed by atoms with Gasteiger partial charge in [-0.05, 0) is 25.1 Å². The fourth-order valence-corrected chi connectivity index (χ4v) is 5.68. The molecule has 1 fully saturated rings. The van der Waals surface area contributed by atoms with Crippen LogP contribution in [0.1, 0.15) is 5.69 Å². The summed E-state index contributed by atoms with van der Waals surface area (Å²) in [5.74, 6) is 0.774. The number of benzene rings is 2. The Hall–Kier alpha value is -3.57. The average molecular weight is 452 g/mol. The van der Waals surface area contributed by atoms with E-state index in [-0.39, 0.29) is 18.0 Å². The zero-order chi connectivity index (χ0) is 22.5. The van der Waals surface area contributed by atoms with Crippen molar-refractivity contribution < 1.29 is 13.3 Å². The zero-order valence-corrected chi connectivity index (χ0v) is 18.1. The van der Waals surface area contributed by atoms with Crippen molar-refractivity contribution in [2.24, 2.45) is 0 Å². The third-order valence-electron chi connectivity index (χ3n) is 5.62. The lowest BCUT2D eigenvalue weighted by Crippen LogP contribution is -2.49. The van der Waals surface area contributed by atoms with Crippen LogP contribution in [0.4, 0.5) is 11.5 Å². The summed E-state index contributed by atoms with van der Waals surface area (Å²) in [6.45, 7) is 3.15. The number of nitro groups is 1. The van der Waals surface area contributed by atoms with E-state index >= 15 is 0 Å². The molecule has 2 aromatic heterocycles. The van der Waals surface area contributed by atoms with Crippen LogP contribution in [-0.2, 0) is 10.0 Å². The van der Waals surface area contributed by atoms with Gasteiger partial charge in [-0.25, -0.2) is 17.9 Å². The van der Waals surface area contributed by atoms with Gasteiger partial charge in [-0.15, -0.1) is 0 Å². The van der Waals surface area contributed by atoms with Crippen LogP contribution in [0.3, 0.4) is 0 Å². The summed E-state index contributed by atoms with van der Waals surface area (Å²) in [5.41, 5.74) is 2.10. The average Bonchev–Trinajstić information content (AvgIpc) is 3.19. The van der Waals surface area contributed by atoms with Gasteiger partial charge in [0.05, 0.1) is 16.1 Å². The van der Waals surface area contributed by atoms with Crippen molar-refractivity contribution in [2.45, 2.75) is 11.8 Å². The Kier molecular flexibility index (Phi) is 4.79. The molecule has 1 saturated heterocycles. The predicted octanol–water partition coefficient (Wildman–Crippen LogP) is 2.61. The predicted molar refractivity (Wildman–Crippen MR) is 119 cm³/mol. The maximum Gasteiger partial charge on any atom is 0.289 e. The second-order valence-corrected chi connectivity index (χ2v) is 9.53. The standard InChI is InChI=1S/C21H20N6O4S/c1-15-14-20-22-21(16-6-2-3-7-17(16)26(20)23-15)24-10-12-25(13-11-24)32(30,31)19-9-5-4-8-18(19)27(28)29/h2-9,14H,10-13H2,1H3. The highest BCUT2D eigenvalue weighted by Gasteiger charge is 2.34. The minimum Gasteiger partial charge on any atom is -0.353 e. The zero-order valence-electron chi connectivity index (χ0n) is 17.2. The van der Waals surface area contributed by atoms with Gasteiger partial charge in [-0.3, -0.25) is 10.1 Å². The number of aryl methyl sites for hydroxylation is 1. The molecule has 0 radical (unpaired) electrons. The van der Waals surface area contributed by atoms with E-state index in [1.165, 1.54) is 28.6 Å². The van der Waals surface area contributed by atoms with Crippen LogP contribution in [0, 0.1) is 17.0 Å². The summed E-state index contributed by atoms with van der Waals surface area (Å²) in [7, 11) is -3.99. The number of hydrogen-bond acceptors (Lipinski definition) is 7. The molecular formula is C21H20N6O4S. The summed E-state index contributed by atoms with van der Waals surface area (Å²) >= 11 is 0. The minimum absolute atomic E-state index is 0.202. The molecule has 0 atom stereocenters. The van der Waals surface area contributed by atoms with Gasteiger partial charge in [-0.1, -0.05) is 24.3 Å². The topological polar surface area (TPSA) is 114 Å². The molecular weight excluding hydrogens is 432 g/mol. The molecule has 10 nitrogen and oxygen atoms in total. The third kappa shape index (κ3) is 3.26. The second-order valence-electron chi connectivity index (χ2n) is 7.62. The van der Waals surface area contributed by atoms with Gasteiger partial charge in [0.15, 0.2) is 10.5 Å². The van der Waals surface area contributed by atoms with E-state index in [4.69, 9.17) is 4.98 Å². The van der Waals surface area contributed by atoms with E-state index in [1.54, 1.807) is 0 Å². The lowest BCUT2D eigenvalue weighted by Gasteiger charge is -2.35. The fourth-order valence-electron chi connectivity index (χ4n) is 4.11. The van der Waals surface area contributed by atoms with Gasteiger partial charge < -0.3 is 4.90 Å². The van der Waals surface area contributed by atoms with E-state index in [0.717, 1.165) is 28.1 Å². The molecule has 0 amide bonds. The van der Waals surface area contributed by atoms with Crippen molar-refractivity contribution in [2.75, 3.05) is 31.1 Å². The molecule has 11 heteroatoms. The molecule has 32 heavy (non-hydrogen) atoms. The lowest BCUT2D eigenvalue weighted by molar-refractivity contribution is -0.387. The van der Waals surface area contributed by atoms with E-state index in [0.29, 0.717) is 13.1 Å². The molecule has 0 spiro atoms. The highest BCUT2D eigenvalue weighted by molar-refractivity contribution is 7.89. The molecule has 2 aromatic carbocycles. The third-order valence-corrected chi connectivity index (χ3v) is 7.57. The summed E-state index contributed by atoms with van der Waals surface area (Å²) in [4.78, 5) is 17.2. The molecule has 164 valence electrons. The van der Waals surface area contributed by atoms with E-state index in [2.05, 4.69) is 10.00 Å². The van der Waals surface area contributed by atoms with E-state index in [9.17, 15) is 18.5 Å². The Morgan fingerprint density at radius 3 is 2.44 bits per heavy atom. The quantitative estimate of drug-likeness (QED) is 0.345. The van der Waals surface area contributed by atoms with Gasteiger partial charge in [0.25, 0.3) is 5.69 Å². The Morgan fingerprint density at radius 2 is 1.69 bits per heavy atom. The van der Waals surface area contributed by atoms with Crippen LogP contribution in [0.5, 0.6) is 0 Å². The summed E-state index contributed by atoms with van der Waals surface area (Å²) in [5, 5.41) is 16.8. The SMILES string of the molecule is Cc1cc2nc(N3CCN(S(=O)(=O)c4ccccc4[N+](=O)[O-])CC3)c3ccccc3n2n1. The molecule has 3 heterocycles. The van der Waals surface area contributed by atoms with Gasteiger partial charge >= 0.3 is 0 Å². The monoisotopic (exact) mass is 452 g/mol. The largest absolute Gasteiger partial charge is 0.353 e. The molecule has 0 saturated carbocycles. The van der Waals surface area contributed by atoms with Crippen molar-refractivity contribution in [3.8, 4) is 0 Å². The minimum atomic E-state index is -3.99. The fraction of sp³-hybridized carbons (Fsp3) is 0.238. The Labute approximate surface area is 183 Å². The van der Waals surface area contributed by atoms with Gasteiger partial charge in [0.1, 0.15) is 5.82 Å². The molecule has 0 unspecified atom stereocenters. The molecule has 0 aliphatic carbocycles. The molecule has 1 aliphatic heterocycles.